The van der Waals surface area contributed by atoms with Crippen LogP contribution < -0.4 is 32.7 Å². The number of anilines is 1. The molecule has 2 aromatic rings. The predicted octanol–water partition coefficient (Wildman–Crippen LogP) is -2.70. The van der Waals surface area contributed by atoms with Gasteiger partial charge >= 0.3 is 15.6 Å². The number of aliphatic hydroxyl groups excluding tert-OH is 3. The molecule has 60 heavy (non-hydrogen) atoms. The minimum Gasteiger partial charge on any atom is -0.387 e. The number of primary amides is 1. The molecule has 0 radical (unpaired) electrons. The predicted molar refractivity (Wildman–Crippen MR) is 210 cm³/mol. The maximum absolute atomic E-state index is 12.6. The number of hydrogen-bond acceptors (Lipinski definition) is 19. The molecule has 1 aliphatic heterocycles. The van der Waals surface area contributed by atoms with Gasteiger partial charge in [-0.05, 0) is 19.3 Å². The first-order valence-corrected chi connectivity index (χ1v) is 22.4. The summed E-state index contributed by atoms with van der Waals surface area (Å²) in [6.07, 6.45) is -4.23. The van der Waals surface area contributed by atoms with E-state index < -0.39 is 88.7 Å². The van der Waals surface area contributed by atoms with Crippen molar-refractivity contribution >= 4 is 73.9 Å². The molecule has 13 N–H and O–H groups in total. The van der Waals surface area contributed by atoms with E-state index in [1.165, 1.54) is 43.4 Å². The number of aromatic nitrogens is 4. The molecular weight excluding hydrogens is 862 g/mol. The van der Waals surface area contributed by atoms with Crippen molar-refractivity contribution in [3.05, 3.63) is 12.7 Å². The van der Waals surface area contributed by atoms with E-state index in [9.17, 15) is 58.2 Å². The molecule has 0 spiro atoms. The van der Waals surface area contributed by atoms with Crippen LogP contribution in [0.15, 0.2) is 12.7 Å². The van der Waals surface area contributed by atoms with Crippen LogP contribution in [0.5, 0.6) is 0 Å². The minimum atomic E-state index is -5.41. The van der Waals surface area contributed by atoms with Gasteiger partial charge in [0.25, 0.3) is 0 Å². The Balaban J connectivity index is 1.30. The van der Waals surface area contributed by atoms with Crippen molar-refractivity contribution in [2.75, 3.05) is 50.1 Å². The summed E-state index contributed by atoms with van der Waals surface area (Å²) < 4.78 is 45.7. The summed E-state index contributed by atoms with van der Waals surface area (Å²) in [6.45, 7) is 2.47. The zero-order chi connectivity index (χ0) is 44.8. The first kappa shape index (κ1) is 50.5. The number of carbonyl (C=O) groups is 5. The molecule has 0 aliphatic carbocycles. The van der Waals surface area contributed by atoms with E-state index in [1.54, 1.807) is 0 Å². The first-order chi connectivity index (χ1) is 28.0. The van der Waals surface area contributed by atoms with Crippen LogP contribution in [0, 0.1) is 5.41 Å². The second-order valence-corrected chi connectivity index (χ2v) is 18.2. The molecular formula is C31H52N10O16P2S. The number of hydrogen-bond donors (Lipinski definition) is 11. The Labute approximate surface area is 347 Å². The van der Waals surface area contributed by atoms with Crippen LogP contribution in [-0.4, -0.2) is 149 Å². The standard InChI is InChI=1S/C31H52N10O16P2S/c1-17(42)40-18(27(33)48)6-4-5-8-34-21(44)13-60-11-10-35-20(43)7-9-36-29(49)25(47)31(2,3)14-55-59(52,53)57-58(50,51)54-12-19-23(45)24(46)30(56-19)41-16-39-22-26(32)37-15-38-28(22)41/h15-16,18-19,23-25,30,45-47H,4-14H2,1-3H3,(H2,33,48)(H,34,44)(H,35,43)(H,36,49)(H,40,42)(H,50,51)(H,52,53)(H2,32,37,38)/t18-,19+,23+,24+,25-,30+/m0/s1. The number of carbonyl (C=O) groups excluding carboxylic acids is 5. The monoisotopic (exact) mass is 914 g/mol. The van der Waals surface area contributed by atoms with Crippen LogP contribution >= 0.6 is 27.4 Å². The Bertz CT molecular complexity index is 1910. The number of unbranched alkanes of at least 4 members (excludes halogenated alkanes) is 1. The Morgan fingerprint density at radius 3 is 2.35 bits per heavy atom. The molecule has 1 saturated heterocycles. The van der Waals surface area contributed by atoms with Gasteiger partial charge < -0.3 is 62.6 Å². The van der Waals surface area contributed by atoms with Crippen LogP contribution in [0.25, 0.3) is 11.2 Å². The van der Waals surface area contributed by atoms with E-state index in [1.807, 2.05) is 0 Å². The summed E-state index contributed by atoms with van der Waals surface area (Å²) in [6, 6.07) is -0.768. The van der Waals surface area contributed by atoms with Crippen molar-refractivity contribution in [2.24, 2.45) is 11.1 Å². The Kier molecular flexibility index (Phi) is 19.2. The number of nitrogens with zero attached hydrogens (tertiary/aromatic N) is 4. The number of phosphoric acid groups is 2. The number of thioether (sulfide) groups is 1. The fourth-order valence-electron chi connectivity index (χ4n) is 5.37. The highest BCUT2D eigenvalue weighted by molar-refractivity contribution is 7.99. The lowest BCUT2D eigenvalue weighted by molar-refractivity contribution is -0.137. The number of ether oxygens (including phenoxy) is 1. The highest BCUT2D eigenvalue weighted by atomic mass is 32.2. The zero-order valence-corrected chi connectivity index (χ0v) is 35.5. The molecule has 338 valence electrons. The van der Waals surface area contributed by atoms with Crippen molar-refractivity contribution in [3.8, 4) is 0 Å². The molecule has 0 bridgehead atoms. The van der Waals surface area contributed by atoms with Gasteiger partial charge in [-0.25, -0.2) is 24.1 Å². The van der Waals surface area contributed by atoms with E-state index in [-0.39, 0.29) is 54.1 Å². The number of phosphoric ester groups is 2. The van der Waals surface area contributed by atoms with E-state index in [0.717, 1.165) is 6.33 Å². The topological polar surface area (TPSA) is 401 Å². The molecule has 5 amide bonds. The third-order valence-corrected chi connectivity index (χ3v) is 12.2. The zero-order valence-electron chi connectivity index (χ0n) is 32.9. The van der Waals surface area contributed by atoms with Crippen LogP contribution in [0.4, 0.5) is 5.82 Å². The molecule has 0 aromatic carbocycles. The highest BCUT2D eigenvalue weighted by Crippen LogP contribution is 2.61. The van der Waals surface area contributed by atoms with Crippen molar-refractivity contribution in [2.45, 2.75) is 83.1 Å². The second-order valence-electron chi connectivity index (χ2n) is 14.1. The summed E-state index contributed by atoms with van der Waals surface area (Å²) in [5.41, 5.74) is 9.77. The molecule has 26 nitrogen and oxygen atoms in total. The quantitative estimate of drug-likeness (QED) is 0.0338. The summed E-state index contributed by atoms with van der Waals surface area (Å²) in [4.78, 5) is 91.4. The van der Waals surface area contributed by atoms with Gasteiger partial charge in [0.05, 0.1) is 25.3 Å². The van der Waals surface area contributed by atoms with Gasteiger partial charge in [-0.2, -0.15) is 16.1 Å². The van der Waals surface area contributed by atoms with Crippen LogP contribution in [0.2, 0.25) is 0 Å². The fraction of sp³-hybridized carbons (Fsp3) is 0.677. The van der Waals surface area contributed by atoms with Crippen molar-refractivity contribution in [1.82, 2.24) is 40.8 Å². The SMILES string of the molecule is CC(=O)N[C@@H](CCCCNC(=O)CSCCNC(=O)CCNC(=O)[C@H](O)C(C)(C)COP(=O)(O)OP(=O)(O)OC[C@H]1O[C@@H](n2cnc3c(N)ncnc32)[C@H](O)[C@@H]1O)C(N)=O. The first-order valence-electron chi connectivity index (χ1n) is 18.3. The minimum absolute atomic E-state index is 0.0383. The van der Waals surface area contributed by atoms with E-state index in [4.69, 9.17) is 25.3 Å². The second kappa shape index (κ2) is 22.8. The van der Waals surface area contributed by atoms with Gasteiger partial charge in [-0.3, -0.25) is 37.6 Å². The van der Waals surface area contributed by atoms with Crippen LogP contribution in [0.3, 0.4) is 0 Å². The molecule has 2 unspecified atom stereocenters. The third kappa shape index (κ3) is 15.9. The maximum atomic E-state index is 12.6. The average Bonchev–Trinajstić information content (AvgIpc) is 3.71. The maximum Gasteiger partial charge on any atom is 0.481 e. The van der Waals surface area contributed by atoms with Crippen LogP contribution in [0.1, 0.15) is 52.7 Å². The number of nitrogens with one attached hydrogen (secondary N) is 4. The van der Waals surface area contributed by atoms with E-state index in [0.29, 0.717) is 31.6 Å². The lowest BCUT2D eigenvalue weighted by atomic mass is 9.87. The third-order valence-electron chi connectivity index (χ3n) is 8.61. The Hall–Kier alpha value is -3.85. The molecule has 29 heteroatoms. The number of amides is 5. The molecule has 2 aromatic heterocycles. The molecule has 1 aliphatic rings. The molecule has 1 fully saturated rings. The number of rotatable bonds is 26. The molecule has 8 atom stereocenters. The number of imidazole rings is 1. The van der Waals surface area contributed by atoms with Gasteiger partial charge in [0, 0.05) is 44.1 Å². The normalized spacial score (nSPS) is 21.0. The van der Waals surface area contributed by atoms with Crippen LogP contribution in [-0.2, 0) is 51.2 Å². The number of fused-ring (bicyclic) bond motifs is 1. The van der Waals surface area contributed by atoms with Crippen molar-refractivity contribution in [1.29, 1.82) is 0 Å². The van der Waals surface area contributed by atoms with Crippen molar-refractivity contribution in [3.63, 3.8) is 0 Å². The summed E-state index contributed by atoms with van der Waals surface area (Å²) in [7, 11) is -10.8. The Morgan fingerprint density at radius 2 is 1.67 bits per heavy atom. The van der Waals surface area contributed by atoms with Gasteiger partial charge in [0.1, 0.15) is 42.3 Å². The summed E-state index contributed by atoms with van der Waals surface area (Å²) in [5.74, 6) is -2.03. The van der Waals surface area contributed by atoms with E-state index in [2.05, 4.69) is 40.5 Å². The Morgan fingerprint density at radius 1 is 0.983 bits per heavy atom. The number of aliphatic hydroxyl groups is 3. The van der Waals surface area contributed by atoms with Crippen molar-refractivity contribution < 1.29 is 76.3 Å². The number of nitrogens with two attached hydrogens (primary N) is 2. The smallest absolute Gasteiger partial charge is 0.387 e. The van der Waals surface area contributed by atoms with E-state index >= 15 is 0 Å². The lowest BCUT2D eigenvalue weighted by Crippen LogP contribution is -2.46. The van der Waals surface area contributed by atoms with Gasteiger partial charge in [-0.1, -0.05) is 13.8 Å². The summed E-state index contributed by atoms with van der Waals surface area (Å²) >= 11 is 1.27. The molecule has 0 saturated carbocycles. The lowest BCUT2D eigenvalue weighted by Gasteiger charge is -2.30. The molecule has 3 heterocycles. The van der Waals surface area contributed by atoms with Gasteiger partial charge in [0.15, 0.2) is 17.7 Å². The highest BCUT2D eigenvalue weighted by Gasteiger charge is 2.47. The van der Waals surface area contributed by atoms with Gasteiger partial charge in [0.2, 0.25) is 29.5 Å². The number of nitrogen functional groups attached to an aromatic ring is 1. The molecule has 3 rings (SSSR count). The largest absolute Gasteiger partial charge is 0.481 e. The average molecular weight is 915 g/mol. The summed E-state index contributed by atoms with van der Waals surface area (Å²) in [5, 5.41) is 41.8. The van der Waals surface area contributed by atoms with Gasteiger partial charge in [-0.15, -0.1) is 0 Å². The fourth-order valence-corrected chi connectivity index (χ4v) is 8.30.